The normalized spacial score (nSPS) is 16.2. The van der Waals surface area contributed by atoms with Gasteiger partial charge in [-0.15, -0.1) is 12.4 Å². The molecule has 27 heavy (non-hydrogen) atoms. The van der Waals surface area contributed by atoms with E-state index in [1.165, 1.54) is 4.90 Å². The second-order valence-electron chi connectivity index (χ2n) is 6.41. The van der Waals surface area contributed by atoms with Crippen LogP contribution in [0.15, 0.2) is 48.8 Å². The van der Waals surface area contributed by atoms with Crippen LogP contribution in [0.25, 0.3) is 0 Å². The molecule has 1 aromatic carbocycles. The van der Waals surface area contributed by atoms with Gasteiger partial charge in [-0.1, -0.05) is 12.1 Å². The van der Waals surface area contributed by atoms with Gasteiger partial charge in [0.15, 0.2) is 0 Å². The van der Waals surface area contributed by atoms with Crippen molar-refractivity contribution in [2.45, 2.75) is 6.04 Å². The number of amides is 3. The number of benzene rings is 1. The number of halogens is 1. The van der Waals surface area contributed by atoms with E-state index in [1.807, 2.05) is 17.0 Å². The highest BCUT2D eigenvalue weighted by atomic mass is 35.5. The second-order valence-corrected chi connectivity index (χ2v) is 6.41. The molecule has 0 saturated carbocycles. The van der Waals surface area contributed by atoms with Crippen molar-refractivity contribution in [3.05, 3.63) is 59.9 Å². The van der Waals surface area contributed by atoms with Crippen molar-refractivity contribution < 1.29 is 9.59 Å². The average molecular weight is 390 g/mol. The summed E-state index contributed by atoms with van der Waals surface area (Å²) in [5, 5.41) is 6.11. The maximum absolute atomic E-state index is 13.1. The van der Waals surface area contributed by atoms with E-state index < -0.39 is 0 Å². The molecule has 3 amide bonds. The number of piperazine rings is 1. The minimum atomic E-state index is -0.231. The van der Waals surface area contributed by atoms with E-state index in [4.69, 9.17) is 0 Å². The van der Waals surface area contributed by atoms with Gasteiger partial charge in [0.1, 0.15) is 0 Å². The number of carbonyl (C=O) groups excluding carboxylic acids is 2. The van der Waals surface area contributed by atoms with Crippen molar-refractivity contribution in [2.75, 3.05) is 39.0 Å². The molecule has 0 bridgehead atoms. The summed E-state index contributed by atoms with van der Waals surface area (Å²) in [5.41, 5.74) is 2.16. The lowest BCUT2D eigenvalue weighted by Crippen LogP contribution is -2.48. The molecule has 7 nitrogen and oxygen atoms in total. The fourth-order valence-electron chi connectivity index (χ4n) is 2.95. The van der Waals surface area contributed by atoms with Crippen LogP contribution in [0.1, 0.15) is 22.0 Å². The van der Waals surface area contributed by atoms with Crippen LogP contribution in [0.3, 0.4) is 0 Å². The highest BCUT2D eigenvalue weighted by Gasteiger charge is 2.28. The van der Waals surface area contributed by atoms with Crippen molar-refractivity contribution in [3.63, 3.8) is 0 Å². The Morgan fingerprint density at radius 2 is 2.07 bits per heavy atom. The molecule has 3 rings (SSSR count). The molecule has 1 saturated heterocycles. The molecule has 1 aromatic heterocycles. The third kappa shape index (κ3) is 4.96. The highest BCUT2D eigenvalue weighted by Crippen LogP contribution is 2.24. The Morgan fingerprint density at radius 1 is 1.26 bits per heavy atom. The molecule has 0 aliphatic carbocycles. The molecule has 0 spiro atoms. The Hall–Kier alpha value is -2.64. The van der Waals surface area contributed by atoms with E-state index in [0.717, 1.165) is 12.1 Å². The molecule has 1 aliphatic rings. The van der Waals surface area contributed by atoms with Crippen molar-refractivity contribution in [3.8, 4) is 0 Å². The van der Waals surface area contributed by atoms with Gasteiger partial charge >= 0.3 is 6.03 Å². The Labute approximate surface area is 165 Å². The van der Waals surface area contributed by atoms with E-state index in [-0.39, 0.29) is 30.4 Å². The number of anilines is 1. The van der Waals surface area contributed by atoms with Gasteiger partial charge in [0.25, 0.3) is 5.91 Å². The summed E-state index contributed by atoms with van der Waals surface area (Å²) in [4.78, 5) is 32.4. The number of carbonyl (C=O) groups is 2. The predicted octanol–water partition coefficient (Wildman–Crippen LogP) is 2.38. The van der Waals surface area contributed by atoms with E-state index in [2.05, 4.69) is 15.6 Å². The van der Waals surface area contributed by atoms with Gasteiger partial charge in [0, 0.05) is 57.4 Å². The monoisotopic (exact) mass is 389 g/mol. The van der Waals surface area contributed by atoms with Crippen LogP contribution < -0.4 is 10.6 Å². The molecule has 1 aliphatic heterocycles. The van der Waals surface area contributed by atoms with Gasteiger partial charge in [-0.2, -0.15) is 0 Å². The number of nitrogens with one attached hydrogen (secondary N) is 2. The van der Waals surface area contributed by atoms with Crippen LogP contribution in [-0.4, -0.2) is 60.5 Å². The molecule has 2 aromatic rings. The van der Waals surface area contributed by atoms with Crippen LogP contribution in [-0.2, 0) is 0 Å². The number of rotatable bonds is 3. The summed E-state index contributed by atoms with van der Waals surface area (Å²) in [6, 6.07) is 10.6. The first kappa shape index (κ1) is 20.7. The fourth-order valence-corrected chi connectivity index (χ4v) is 2.95. The molecular formula is C19H24ClN5O2. The Morgan fingerprint density at radius 3 is 2.78 bits per heavy atom. The molecule has 2 heterocycles. The zero-order valence-electron chi connectivity index (χ0n) is 15.4. The molecule has 1 fully saturated rings. The quantitative estimate of drug-likeness (QED) is 0.844. The van der Waals surface area contributed by atoms with Gasteiger partial charge in [0.2, 0.25) is 0 Å². The van der Waals surface area contributed by atoms with E-state index in [1.54, 1.807) is 50.8 Å². The largest absolute Gasteiger partial charge is 0.331 e. The van der Waals surface area contributed by atoms with Crippen LogP contribution in [0.4, 0.5) is 10.5 Å². The molecule has 1 atom stereocenters. The van der Waals surface area contributed by atoms with Crippen LogP contribution in [0.2, 0.25) is 0 Å². The molecule has 2 N–H and O–H groups in total. The van der Waals surface area contributed by atoms with E-state index in [9.17, 15) is 9.59 Å². The van der Waals surface area contributed by atoms with Crippen LogP contribution in [0.5, 0.6) is 0 Å². The maximum Gasteiger partial charge on any atom is 0.321 e. The number of nitrogens with zero attached hydrogens (tertiary/aromatic N) is 3. The van der Waals surface area contributed by atoms with Gasteiger partial charge in [-0.25, -0.2) is 4.79 Å². The number of urea groups is 1. The van der Waals surface area contributed by atoms with Gasteiger partial charge in [0.05, 0.1) is 6.04 Å². The average Bonchev–Trinajstić information content (AvgIpc) is 2.68. The lowest BCUT2D eigenvalue weighted by Gasteiger charge is -2.36. The SMILES string of the molecule is CN(C)C(=O)Nc1cccc(C(=O)N2CCNCC2c2cccnc2)c1.Cl. The number of hydrogen-bond acceptors (Lipinski definition) is 4. The molecule has 144 valence electrons. The summed E-state index contributed by atoms with van der Waals surface area (Å²) in [6.07, 6.45) is 3.52. The number of aromatic nitrogens is 1. The first-order chi connectivity index (χ1) is 12.6. The Balaban J connectivity index is 0.00000261. The summed E-state index contributed by atoms with van der Waals surface area (Å²) in [6.45, 7) is 2.06. The van der Waals surface area contributed by atoms with Crippen molar-refractivity contribution in [1.82, 2.24) is 20.1 Å². The summed E-state index contributed by atoms with van der Waals surface area (Å²) < 4.78 is 0. The predicted molar refractivity (Wildman–Crippen MR) is 107 cm³/mol. The van der Waals surface area contributed by atoms with Crippen molar-refractivity contribution in [2.24, 2.45) is 0 Å². The first-order valence-corrected chi connectivity index (χ1v) is 8.56. The third-order valence-corrected chi connectivity index (χ3v) is 4.34. The van der Waals surface area contributed by atoms with Gasteiger partial charge in [-0.3, -0.25) is 9.78 Å². The standard InChI is InChI=1S/C19H23N5O2.ClH/c1-23(2)19(26)22-16-7-3-5-14(11-16)18(25)24-10-9-21-13-17(24)15-6-4-8-20-12-15;/h3-8,11-12,17,21H,9-10,13H2,1-2H3,(H,22,26);1H. The molecular weight excluding hydrogens is 366 g/mol. The lowest BCUT2D eigenvalue weighted by molar-refractivity contribution is 0.0634. The van der Waals surface area contributed by atoms with Crippen LogP contribution >= 0.6 is 12.4 Å². The molecule has 1 unspecified atom stereocenters. The van der Waals surface area contributed by atoms with Crippen LogP contribution in [0, 0.1) is 0 Å². The minimum absolute atomic E-state index is 0. The van der Waals surface area contributed by atoms with Crippen molar-refractivity contribution >= 4 is 30.0 Å². The smallest absolute Gasteiger partial charge is 0.321 e. The molecule has 0 radical (unpaired) electrons. The highest BCUT2D eigenvalue weighted by molar-refractivity contribution is 5.97. The van der Waals surface area contributed by atoms with Gasteiger partial charge in [-0.05, 0) is 29.8 Å². The maximum atomic E-state index is 13.1. The molecule has 8 heteroatoms. The first-order valence-electron chi connectivity index (χ1n) is 8.56. The Bertz CT molecular complexity index is 785. The zero-order valence-corrected chi connectivity index (χ0v) is 16.2. The third-order valence-electron chi connectivity index (χ3n) is 4.34. The summed E-state index contributed by atoms with van der Waals surface area (Å²) in [5.74, 6) is -0.0543. The van der Waals surface area contributed by atoms with E-state index in [0.29, 0.717) is 24.3 Å². The topological polar surface area (TPSA) is 77.6 Å². The number of pyridine rings is 1. The fraction of sp³-hybridized carbons (Fsp3) is 0.316. The summed E-state index contributed by atoms with van der Waals surface area (Å²) in [7, 11) is 3.34. The van der Waals surface area contributed by atoms with E-state index >= 15 is 0 Å². The summed E-state index contributed by atoms with van der Waals surface area (Å²) >= 11 is 0. The zero-order chi connectivity index (χ0) is 18.5. The van der Waals surface area contributed by atoms with Crippen molar-refractivity contribution in [1.29, 1.82) is 0 Å². The number of hydrogen-bond donors (Lipinski definition) is 2. The second kappa shape index (κ2) is 9.34. The lowest BCUT2D eigenvalue weighted by atomic mass is 10.0. The van der Waals surface area contributed by atoms with Gasteiger partial charge < -0.3 is 20.4 Å². The Kier molecular flexibility index (Phi) is 7.15. The minimum Gasteiger partial charge on any atom is -0.331 e.